The number of hydrogen-bond acceptors (Lipinski definition) is 1. The minimum absolute atomic E-state index is 0.172. The van der Waals surface area contributed by atoms with Gasteiger partial charge in [0.1, 0.15) is 5.82 Å². The largest absolute Gasteiger partial charge is 0.310 e. The Hall–Kier alpha value is -1.67. The highest BCUT2D eigenvalue weighted by atomic mass is 19.1. The van der Waals surface area contributed by atoms with Crippen LogP contribution < -0.4 is 5.32 Å². The van der Waals surface area contributed by atoms with Gasteiger partial charge < -0.3 is 5.32 Å². The summed E-state index contributed by atoms with van der Waals surface area (Å²) < 4.78 is 13.2. The summed E-state index contributed by atoms with van der Waals surface area (Å²) in [5.41, 5.74) is 2.37. The van der Waals surface area contributed by atoms with Crippen molar-refractivity contribution in [3.63, 3.8) is 0 Å². The molecule has 2 rings (SSSR count). The average molecular weight is 271 g/mol. The van der Waals surface area contributed by atoms with Crippen LogP contribution in [0.5, 0.6) is 0 Å². The van der Waals surface area contributed by atoms with E-state index in [1.165, 1.54) is 11.6 Å². The van der Waals surface area contributed by atoms with Gasteiger partial charge in [-0.1, -0.05) is 49.4 Å². The molecule has 0 spiro atoms. The van der Waals surface area contributed by atoms with Crippen LogP contribution >= 0.6 is 0 Å². The lowest BCUT2D eigenvalue weighted by Gasteiger charge is -2.17. The maximum Gasteiger partial charge on any atom is 0.123 e. The highest BCUT2D eigenvalue weighted by Gasteiger charge is 2.08. The summed E-state index contributed by atoms with van der Waals surface area (Å²) in [4.78, 5) is 0. The average Bonchev–Trinajstić information content (AvgIpc) is 2.48. The zero-order valence-corrected chi connectivity index (χ0v) is 12.1. The Morgan fingerprint density at radius 2 is 1.65 bits per heavy atom. The Morgan fingerprint density at radius 3 is 2.35 bits per heavy atom. The number of rotatable bonds is 6. The van der Waals surface area contributed by atoms with Crippen LogP contribution in [-0.2, 0) is 0 Å². The Morgan fingerprint density at radius 1 is 0.950 bits per heavy atom. The van der Waals surface area contributed by atoms with Crippen LogP contribution in [-0.4, -0.2) is 6.54 Å². The number of halogens is 1. The van der Waals surface area contributed by atoms with Gasteiger partial charge in [-0.05, 0) is 49.1 Å². The zero-order valence-electron chi connectivity index (χ0n) is 12.1. The van der Waals surface area contributed by atoms with Crippen LogP contribution in [0.15, 0.2) is 54.6 Å². The van der Waals surface area contributed by atoms with E-state index in [2.05, 4.69) is 43.4 Å². The number of nitrogens with one attached hydrogen (secondary N) is 1. The molecule has 0 saturated carbocycles. The molecule has 0 saturated heterocycles. The van der Waals surface area contributed by atoms with Gasteiger partial charge in [-0.15, -0.1) is 0 Å². The summed E-state index contributed by atoms with van der Waals surface area (Å²) in [6, 6.07) is 17.5. The van der Waals surface area contributed by atoms with Crippen LogP contribution in [0.2, 0.25) is 0 Å². The summed E-state index contributed by atoms with van der Waals surface area (Å²) in [5, 5.41) is 3.46. The first kappa shape index (κ1) is 14.7. The molecule has 1 nitrogen and oxygen atoms in total. The highest BCUT2D eigenvalue weighted by molar-refractivity contribution is 5.20. The molecule has 0 fully saturated rings. The van der Waals surface area contributed by atoms with E-state index in [-0.39, 0.29) is 11.9 Å². The second-order valence-electron chi connectivity index (χ2n) is 5.33. The molecule has 20 heavy (non-hydrogen) atoms. The Balaban J connectivity index is 1.81. The standard InChI is InChI=1S/C18H22FN/c1-14(16-7-4-3-5-8-16)11-12-20-15(2)17-9-6-10-18(19)13-17/h3-10,13-15,20H,11-12H2,1-2H3/t14?,15-/m1/s1. The first-order valence-corrected chi connectivity index (χ1v) is 7.20. The monoisotopic (exact) mass is 271 g/mol. The maximum atomic E-state index is 13.2. The molecule has 2 heteroatoms. The minimum atomic E-state index is -0.172. The molecule has 0 aliphatic heterocycles. The molecule has 0 aromatic heterocycles. The molecule has 1 unspecified atom stereocenters. The molecule has 2 atom stereocenters. The van der Waals surface area contributed by atoms with Crippen molar-refractivity contribution in [2.45, 2.75) is 32.2 Å². The van der Waals surface area contributed by atoms with Crippen LogP contribution in [0, 0.1) is 5.82 Å². The molecule has 2 aromatic rings. The lowest BCUT2D eigenvalue weighted by molar-refractivity contribution is 0.527. The molecular formula is C18H22FN. The smallest absolute Gasteiger partial charge is 0.123 e. The van der Waals surface area contributed by atoms with E-state index in [9.17, 15) is 4.39 Å². The molecule has 0 amide bonds. The SMILES string of the molecule is CC(CCN[C@H](C)c1cccc(F)c1)c1ccccc1. The molecule has 0 radical (unpaired) electrons. The summed E-state index contributed by atoms with van der Waals surface area (Å²) in [6.07, 6.45) is 1.07. The molecule has 0 heterocycles. The van der Waals surface area contributed by atoms with Gasteiger partial charge in [-0.25, -0.2) is 4.39 Å². The van der Waals surface area contributed by atoms with Crippen LogP contribution in [0.25, 0.3) is 0 Å². The predicted octanol–water partition coefficient (Wildman–Crippen LogP) is 4.67. The van der Waals surface area contributed by atoms with E-state index in [0.717, 1.165) is 18.5 Å². The van der Waals surface area contributed by atoms with Crippen LogP contribution in [0.1, 0.15) is 43.4 Å². The Kier molecular flexibility index (Phi) is 5.31. The second-order valence-corrected chi connectivity index (χ2v) is 5.33. The van der Waals surface area contributed by atoms with E-state index in [1.807, 2.05) is 12.1 Å². The number of hydrogen-bond donors (Lipinski definition) is 1. The fraction of sp³-hybridized carbons (Fsp3) is 0.333. The predicted molar refractivity (Wildman–Crippen MR) is 82.3 cm³/mol. The first-order chi connectivity index (χ1) is 9.66. The van der Waals surface area contributed by atoms with E-state index in [4.69, 9.17) is 0 Å². The van der Waals surface area contributed by atoms with Crippen molar-refractivity contribution in [3.8, 4) is 0 Å². The molecule has 0 bridgehead atoms. The summed E-state index contributed by atoms with van der Waals surface area (Å²) >= 11 is 0. The number of benzene rings is 2. The van der Waals surface area contributed by atoms with E-state index < -0.39 is 0 Å². The molecule has 0 aliphatic rings. The van der Waals surface area contributed by atoms with E-state index in [0.29, 0.717) is 5.92 Å². The highest BCUT2D eigenvalue weighted by Crippen LogP contribution is 2.19. The van der Waals surface area contributed by atoms with Gasteiger partial charge in [0.15, 0.2) is 0 Å². The third kappa shape index (κ3) is 4.17. The molecule has 106 valence electrons. The normalized spacial score (nSPS) is 13.9. The van der Waals surface area contributed by atoms with Crippen molar-refractivity contribution in [3.05, 3.63) is 71.5 Å². The lowest BCUT2D eigenvalue weighted by Crippen LogP contribution is -2.21. The van der Waals surface area contributed by atoms with Gasteiger partial charge in [0, 0.05) is 6.04 Å². The lowest BCUT2D eigenvalue weighted by atomic mass is 9.97. The van der Waals surface area contributed by atoms with E-state index in [1.54, 1.807) is 12.1 Å². The van der Waals surface area contributed by atoms with Crippen LogP contribution in [0.4, 0.5) is 4.39 Å². The first-order valence-electron chi connectivity index (χ1n) is 7.20. The van der Waals surface area contributed by atoms with Crippen molar-refractivity contribution in [1.82, 2.24) is 5.32 Å². The summed E-state index contributed by atoms with van der Waals surface area (Å²) in [5.74, 6) is 0.359. The third-order valence-corrected chi connectivity index (χ3v) is 3.75. The van der Waals surface area contributed by atoms with Gasteiger partial charge in [-0.3, -0.25) is 0 Å². The van der Waals surface area contributed by atoms with Crippen molar-refractivity contribution >= 4 is 0 Å². The van der Waals surface area contributed by atoms with Crippen molar-refractivity contribution in [2.24, 2.45) is 0 Å². The zero-order chi connectivity index (χ0) is 14.4. The maximum absolute atomic E-state index is 13.2. The fourth-order valence-corrected chi connectivity index (χ4v) is 2.36. The molecule has 0 aliphatic carbocycles. The van der Waals surface area contributed by atoms with Gasteiger partial charge in [0.05, 0.1) is 0 Å². The fourth-order valence-electron chi connectivity index (χ4n) is 2.36. The Bertz CT molecular complexity index is 524. The third-order valence-electron chi connectivity index (χ3n) is 3.75. The minimum Gasteiger partial charge on any atom is -0.310 e. The van der Waals surface area contributed by atoms with Gasteiger partial charge in [0.2, 0.25) is 0 Å². The Labute approximate surface area is 120 Å². The van der Waals surface area contributed by atoms with Crippen LogP contribution in [0.3, 0.4) is 0 Å². The van der Waals surface area contributed by atoms with Crippen molar-refractivity contribution in [1.29, 1.82) is 0 Å². The van der Waals surface area contributed by atoms with Gasteiger partial charge in [0.25, 0.3) is 0 Å². The van der Waals surface area contributed by atoms with Gasteiger partial charge in [-0.2, -0.15) is 0 Å². The topological polar surface area (TPSA) is 12.0 Å². The van der Waals surface area contributed by atoms with Gasteiger partial charge >= 0.3 is 0 Å². The quantitative estimate of drug-likeness (QED) is 0.805. The molecular weight excluding hydrogens is 249 g/mol. The van der Waals surface area contributed by atoms with Crippen molar-refractivity contribution in [2.75, 3.05) is 6.54 Å². The molecule has 2 aromatic carbocycles. The van der Waals surface area contributed by atoms with E-state index >= 15 is 0 Å². The van der Waals surface area contributed by atoms with Crippen molar-refractivity contribution < 1.29 is 4.39 Å². The molecule has 1 N–H and O–H groups in total. The summed E-state index contributed by atoms with van der Waals surface area (Å²) in [7, 11) is 0. The second kappa shape index (κ2) is 7.20. The summed E-state index contributed by atoms with van der Waals surface area (Å²) in [6.45, 7) is 5.24.